The van der Waals surface area contributed by atoms with Crippen molar-refractivity contribution in [1.29, 1.82) is 0 Å². The Bertz CT molecular complexity index is 149. The van der Waals surface area contributed by atoms with E-state index in [1.54, 1.807) is 27.6 Å². The van der Waals surface area contributed by atoms with Crippen molar-refractivity contribution >= 4 is 8.80 Å². The van der Waals surface area contributed by atoms with Crippen LogP contribution in [-0.2, 0) is 18.0 Å². The van der Waals surface area contributed by atoms with Crippen molar-refractivity contribution in [3.8, 4) is 0 Å². The molecule has 0 amide bonds. The second-order valence-corrected chi connectivity index (χ2v) is 5.79. The number of allylic oxidation sites excluding steroid dienone is 1. The molecular formula is C9H20O4Si. The van der Waals surface area contributed by atoms with Crippen molar-refractivity contribution in [2.75, 3.05) is 27.9 Å². The molecule has 84 valence electrons. The van der Waals surface area contributed by atoms with Gasteiger partial charge in [0.15, 0.2) is 0 Å². The molecule has 0 atom stereocenters. The first-order valence-electron chi connectivity index (χ1n) is 4.66. The fourth-order valence-electron chi connectivity index (χ4n) is 0.972. The molecular weight excluding hydrogens is 200 g/mol. The van der Waals surface area contributed by atoms with Crippen molar-refractivity contribution in [1.82, 2.24) is 0 Å². The molecule has 0 unspecified atom stereocenters. The van der Waals surface area contributed by atoms with Crippen LogP contribution in [0.2, 0.25) is 6.04 Å². The Balaban J connectivity index is 3.76. The normalized spacial score (nSPS) is 12.3. The molecule has 0 rings (SSSR count). The van der Waals surface area contributed by atoms with Gasteiger partial charge in [-0.3, -0.25) is 0 Å². The summed E-state index contributed by atoms with van der Waals surface area (Å²) < 4.78 is 20.9. The van der Waals surface area contributed by atoms with E-state index in [1.165, 1.54) is 0 Å². The van der Waals surface area contributed by atoms with E-state index >= 15 is 0 Å². The third-order valence-electron chi connectivity index (χ3n) is 1.89. The first kappa shape index (κ1) is 13.6. The molecule has 0 aliphatic rings. The highest BCUT2D eigenvalue weighted by atomic mass is 28.4. The van der Waals surface area contributed by atoms with Crippen LogP contribution in [0.15, 0.2) is 12.3 Å². The largest absolute Gasteiger partial charge is 0.503 e. The van der Waals surface area contributed by atoms with Crippen molar-refractivity contribution in [2.45, 2.75) is 19.4 Å². The van der Waals surface area contributed by atoms with Crippen LogP contribution in [0.25, 0.3) is 0 Å². The minimum absolute atomic E-state index is 0.554. The van der Waals surface area contributed by atoms with Crippen LogP contribution in [0, 0.1) is 0 Å². The summed E-state index contributed by atoms with van der Waals surface area (Å²) in [5.41, 5.74) is 0. The molecule has 0 aliphatic carbocycles. The fourth-order valence-corrected chi connectivity index (χ4v) is 2.45. The molecule has 0 N–H and O–H groups in total. The number of hydrogen-bond donors (Lipinski definition) is 0. The van der Waals surface area contributed by atoms with Crippen molar-refractivity contribution in [2.24, 2.45) is 0 Å². The second kappa shape index (κ2) is 7.99. The molecule has 0 spiro atoms. The Morgan fingerprint density at radius 1 is 1.07 bits per heavy atom. The molecule has 0 radical (unpaired) electrons. The van der Waals surface area contributed by atoms with E-state index in [9.17, 15) is 0 Å². The highest BCUT2D eigenvalue weighted by Crippen LogP contribution is 2.12. The summed E-state index contributed by atoms with van der Waals surface area (Å²) in [6.45, 7) is 2.61. The molecule has 0 aromatic heterocycles. The minimum Gasteiger partial charge on any atom is -0.502 e. The van der Waals surface area contributed by atoms with E-state index in [-0.39, 0.29) is 0 Å². The fraction of sp³-hybridized carbons (Fsp3) is 0.778. The van der Waals surface area contributed by atoms with Crippen LogP contribution in [0.4, 0.5) is 0 Å². The average Bonchev–Trinajstić information content (AvgIpc) is 2.24. The number of ether oxygens (including phenoxy) is 1. The predicted molar refractivity (Wildman–Crippen MR) is 57.0 cm³/mol. The van der Waals surface area contributed by atoms with E-state index in [0.29, 0.717) is 12.7 Å². The Morgan fingerprint density at radius 3 is 2.07 bits per heavy atom. The van der Waals surface area contributed by atoms with Gasteiger partial charge in [0, 0.05) is 21.3 Å². The van der Waals surface area contributed by atoms with Crippen LogP contribution in [0.5, 0.6) is 0 Å². The zero-order valence-electron chi connectivity index (χ0n) is 9.41. The van der Waals surface area contributed by atoms with Gasteiger partial charge in [0.25, 0.3) is 0 Å². The summed E-state index contributed by atoms with van der Waals surface area (Å²) in [4.78, 5) is 0. The lowest BCUT2D eigenvalue weighted by Crippen LogP contribution is -2.43. The maximum Gasteiger partial charge on any atom is 0.503 e. The van der Waals surface area contributed by atoms with E-state index < -0.39 is 8.80 Å². The Hall–Kier alpha value is -0.363. The molecule has 0 heterocycles. The Morgan fingerprint density at radius 2 is 1.64 bits per heavy atom. The lowest BCUT2D eigenvalue weighted by Gasteiger charge is -2.23. The summed E-state index contributed by atoms with van der Waals surface area (Å²) in [6.07, 6.45) is 4.62. The van der Waals surface area contributed by atoms with Gasteiger partial charge in [0.2, 0.25) is 0 Å². The molecule has 0 fully saturated rings. The van der Waals surface area contributed by atoms with E-state index in [0.717, 1.165) is 6.42 Å². The highest BCUT2D eigenvalue weighted by Gasteiger charge is 2.37. The van der Waals surface area contributed by atoms with Gasteiger partial charge < -0.3 is 18.0 Å². The molecule has 0 saturated heterocycles. The van der Waals surface area contributed by atoms with Crippen molar-refractivity contribution in [3.05, 3.63) is 12.3 Å². The van der Waals surface area contributed by atoms with Gasteiger partial charge in [-0.2, -0.15) is 0 Å². The quantitative estimate of drug-likeness (QED) is 0.355. The number of hydrogen-bond acceptors (Lipinski definition) is 4. The number of rotatable bonds is 8. The second-order valence-electron chi connectivity index (χ2n) is 2.70. The zero-order valence-corrected chi connectivity index (χ0v) is 10.4. The van der Waals surface area contributed by atoms with Crippen LogP contribution in [0.3, 0.4) is 0 Å². The summed E-state index contributed by atoms with van der Waals surface area (Å²) in [7, 11) is 2.36. The summed E-state index contributed by atoms with van der Waals surface area (Å²) in [6, 6.07) is 0.657. The molecule has 5 heteroatoms. The van der Waals surface area contributed by atoms with Gasteiger partial charge >= 0.3 is 8.80 Å². The molecule has 0 aromatic rings. The van der Waals surface area contributed by atoms with Crippen molar-refractivity contribution in [3.63, 3.8) is 0 Å². The van der Waals surface area contributed by atoms with Gasteiger partial charge in [0.05, 0.1) is 18.9 Å². The van der Waals surface area contributed by atoms with E-state index in [1.807, 2.05) is 6.08 Å². The molecule has 0 bridgehead atoms. The molecule has 14 heavy (non-hydrogen) atoms. The topological polar surface area (TPSA) is 36.9 Å². The first-order chi connectivity index (χ1) is 6.74. The van der Waals surface area contributed by atoms with Gasteiger partial charge in [-0.1, -0.05) is 13.0 Å². The first-order valence-corrected chi connectivity index (χ1v) is 6.60. The third kappa shape index (κ3) is 4.76. The maximum atomic E-state index is 5.25. The van der Waals surface area contributed by atoms with E-state index in [4.69, 9.17) is 18.0 Å². The van der Waals surface area contributed by atoms with Gasteiger partial charge in [-0.05, 0) is 6.42 Å². The highest BCUT2D eigenvalue weighted by molar-refractivity contribution is 6.60. The molecule has 4 nitrogen and oxygen atoms in total. The summed E-state index contributed by atoms with van der Waals surface area (Å²) >= 11 is 0. The summed E-state index contributed by atoms with van der Waals surface area (Å²) in [5, 5.41) is 0. The average molecular weight is 220 g/mol. The minimum atomic E-state index is -2.44. The van der Waals surface area contributed by atoms with Crippen LogP contribution in [-0.4, -0.2) is 36.7 Å². The van der Waals surface area contributed by atoms with Crippen molar-refractivity contribution < 1.29 is 18.0 Å². The lowest BCUT2D eigenvalue weighted by atomic mass is 10.5. The maximum absolute atomic E-state index is 5.25. The van der Waals surface area contributed by atoms with Crippen LogP contribution in [0.1, 0.15) is 13.3 Å². The standard InChI is InChI=1S/C9H20O4Si/c1-5-6-7-13-8-9-14(10-2,11-3)12-4/h6-7H,5,8-9H2,1-4H3. The predicted octanol–water partition coefficient (Wildman–Crippen LogP) is 1.80. The third-order valence-corrected chi connectivity index (χ3v) is 4.57. The SMILES string of the molecule is CCC=COCC[Si](OC)(OC)OC. The Kier molecular flexibility index (Phi) is 7.78. The van der Waals surface area contributed by atoms with Gasteiger partial charge in [-0.25, -0.2) is 0 Å². The monoisotopic (exact) mass is 220 g/mol. The van der Waals surface area contributed by atoms with E-state index in [2.05, 4.69) is 6.92 Å². The molecule has 0 aliphatic heterocycles. The molecule has 0 aromatic carbocycles. The van der Waals surface area contributed by atoms with Crippen LogP contribution >= 0.6 is 0 Å². The van der Waals surface area contributed by atoms with Crippen LogP contribution < -0.4 is 0 Å². The summed E-state index contributed by atoms with van der Waals surface area (Å²) in [5.74, 6) is 0. The van der Waals surface area contributed by atoms with Gasteiger partial charge in [-0.15, -0.1) is 0 Å². The lowest BCUT2D eigenvalue weighted by molar-refractivity contribution is 0.114. The zero-order chi connectivity index (χ0) is 10.9. The Labute approximate surface area is 87.2 Å². The van der Waals surface area contributed by atoms with Gasteiger partial charge in [0.1, 0.15) is 0 Å². The molecule has 0 saturated carbocycles. The smallest absolute Gasteiger partial charge is 0.502 e.